The van der Waals surface area contributed by atoms with Crippen molar-refractivity contribution in [1.82, 2.24) is 0 Å². The van der Waals surface area contributed by atoms with E-state index in [0.29, 0.717) is 28.3 Å². The maximum absolute atomic E-state index is 12.6. The lowest BCUT2D eigenvalue weighted by atomic mass is 9.87. The van der Waals surface area contributed by atoms with Gasteiger partial charge in [-0.15, -0.1) is 0 Å². The van der Waals surface area contributed by atoms with E-state index in [0.717, 1.165) is 5.56 Å². The van der Waals surface area contributed by atoms with Gasteiger partial charge < -0.3 is 19.6 Å². The van der Waals surface area contributed by atoms with Crippen molar-refractivity contribution >= 4 is 17.6 Å². The van der Waals surface area contributed by atoms with Gasteiger partial charge >= 0.3 is 5.97 Å². The van der Waals surface area contributed by atoms with E-state index in [2.05, 4.69) is 26.1 Å². The fourth-order valence-corrected chi connectivity index (χ4v) is 2.90. The third-order valence-electron chi connectivity index (χ3n) is 4.55. The van der Waals surface area contributed by atoms with Gasteiger partial charge in [-0.25, -0.2) is 4.79 Å². The monoisotopic (exact) mass is 393 g/mol. The number of ether oxygens (including phenoxy) is 1. The summed E-state index contributed by atoms with van der Waals surface area (Å²) in [4.78, 5) is 23.7. The Morgan fingerprint density at radius 3 is 2.24 bits per heavy atom. The molecule has 0 unspecified atom stereocenters. The van der Waals surface area contributed by atoms with Gasteiger partial charge in [0.1, 0.15) is 11.5 Å². The number of carbonyl (C=O) groups excluding carboxylic acids is 1. The van der Waals surface area contributed by atoms with Crippen molar-refractivity contribution < 1.29 is 23.8 Å². The second-order valence-electron chi connectivity index (χ2n) is 7.67. The first-order valence-electron chi connectivity index (χ1n) is 9.12. The summed E-state index contributed by atoms with van der Waals surface area (Å²) in [7, 11) is 1.51. The largest absolute Gasteiger partial charge is 0.496 e. The molecule has 0 aliphatic heterocycles. The zero-order chi connectivity index (χ0) is 21.2. The quantitative estimate of drug-likeness (QED) is 0.622. The molecule has 0 spiro atoms. The number of carboxylic acid groups (broad SMARTS) is 1. The summed E-state index contributed by atoms with van der Waals surface area (Å²) in [5.74, 6) is -0.727. The Morgan fingerprint density at radius 1 is 1.00 bits per heavy atom. The average Bonchev–Trinajstić information content (AvgIpc) is 3.18. The number of carbonyl (C=O) groups is 2. The third kappa shape index (κ3) is 4.48. The number of hydrogen-bond acceptors (Lipinski definition) is 4. The first-order valence-corrected chi connectivity index (χ1v) is 9.12. The molecule has 0 aliphatic carbocycles. The molecule has 1 aromatic heterocycles. The van der Waals surface area contributed by atoms with E-state index in [9.17, 15) is 9.59 Å². The van der Waals surface area contributed by atoms with E-state index in [1.54, 1.807) is 36.4 Å². The molecule has 6 heteroatoms. The van der Waals surface area contributed by atoms with Gasteiger partial charge in [-0.1, -0.05) is 32.9 Å². The van der Waals surface area contributed by atoms with Gasteiger partial charge in [0.2, 0.25) is 5.76 Å². The van der Waals surface area contributed by atoms with Crippen LogP contribution in [0, 0.1) is 0 Å². The number of aromatic carboxylic acids is 1. The molecule has 0 radical (unpaired) electrons. The minimum Gasteiger partial charge on any atom is -0.496 e. The van der Waals surface area contributed by atoms with Gasteiger partial charge in [-0.05, 0) is 53.4 Å². The summed E-state index contributed by atoms with van der Waals surface area (Å²) in [5.41, 5.74) is 2.78. The van der Waals surface area contributed by atoms with Gasteiger partial charge in [-0.2, -0.15) is 0 Å². The van der Waals surface area contributed by atoms with Crippen LogP contribution in [-0.2, 0) is 5.41 Å². The SMILES string of the molecule is COc1ccc(NC(=O)c2ccc(C(C)(C)C)cc2)cc1-c1ccc(C(=O)O)o1. The molecule has 29 heavy (non-hydrogen) atoms. The number of furan rings is 1. The van der Waals surface area contributed by atoms with Crippen molar-refractivity contribution in [3.8, 4) is 17.1 Å². The second kappa shape index (κ2) is 7.83. The molecular formula is C23H23NO5. The van der Waals surface area contributed by atoms with Crippen LogP contribution in [0.4, 0.5) is 5.69 Å². The number of benzene rings is 2. The van der Waals surface area contributed by atoms with E-state index in [-0.39, 0.29) is 17.1 Å². The molecule has 3 rings (SSSR count). The standard InChI is InChI=1S/C23H23NO5/c1-23(2,3)15-7-5-14(6-8-15)21(25)24-16-9-10-18(28-4)17(13-16)19-11-12-20(29-19)22(26)27/h5-13H,1-4H3,(H,24,25)(H,26,27). The molecule has 0 fully saturated rings. The van der Waals surface area contributed by atoms with Crippen LogP contribution in [0.2, 0.25) is 0 Å². The van der Waals surface area contributed by atoms with E-state index in [1.165, 1.54) is 13.2 Å². The Morgan fingerprint density at radius 2 is 1.69 bits per heavy atom. The molecule has 0 aliphatic rings. The smallest absolute Gasteiger partial charge is 0.371 e. The Kier molecular flexibility index (Phi) is 5.46. The maximum atomic E-state index is 12.6. The summed E-state index contributed by atoms with van der Waals surface area (Å²) in [5, 5.41) is 11.9. The summed E-state index contributed by atoms with van der Waals surface area (Å²) in [6, 6.07) is 15.5. The summed E-state index contributed by atoms with van der Waals surface area (Å²) >= 11 is 0. The molecule has 2 N–H and O–H groups in total. The molecular weight excluding hydrogens is 370 g/mol. The molecule has 1 amide bonds. The second-order valence-corrected chi connectivity index (χ2v) is 7.67. The first kappa shape index (κ1) is 20.2. The van der Waals surface area contributed by atoms with Gasteiger partial charge in [0, 0.05) is 11.3 Å². The zero-order valence-corrected chi connectivity index (χ0v) is 16.8. The van der Waals surface area contributed by atoms with Crippen molar-refractivity contribution in [3.63, 3.8) is 0 Å². The minimum absolute atomic E-state index is 0.0116. The number of carboxylic acids is 1. The fraction of sp³-hybridized carbons (Fsp3) is 0.217. The van der Waals surface area contributed by atoms with Crippen LogP contribution in [0.25, 0.3) is 11.3 Å². The molecule has 2 aromatic carbocycles. The topological polar surface area (TPSA) is 88.8 Å². The lowest BCUT2D eigenvalue weighted by Gasteiger charge is -2.19. The first-order chi connectivity index (χ1) is 13.7. The van der Waals surface area contributed by atoms with Crippen molar-refractivity contribution in [2.45, 2.75) is 26.2 Å². The molecule has 6 nitrogen and oxygen atoms in total. The number of methoxy groups -OCH3 is 1. The number of anilines is 1. The van der Waals surface area contributed by atoms with Gasteiger partial charge in [-0.3, -0.25) is 4.79 Å². The third-order valence-corrected chi connectivity index (χ3v) is 4.55. The molecule has 0 atom stereocenters. The molecule has 0 bridgehead atoms. The summed E-state index contributed by atoms with van der Waals surface area (Å²) in [6.45, 7) is 6.35. The highest BCUT2D eigenvalue weighted by Crippen LogP contribution is 2.34. The van der Waals surface area contributed by atoms with Crippen LogP contribution in [0.1, 0.15) is 47.2 Å². The van der Waals surface area contributed by atoms with Crippen LogP contribution < -0.4 is 10.1 Å². The highest BCUT2D eigenvalue weighted by Gasteiger charge is 2.17. The number of nitrogens with one attached hydrogen (secondary N) is 1. The Labute approximate surface area is 169 Å². The molecule has 3 aromatic rings. The molecule has 1 heterocycles. The highest BCUT2D eigenvalue weighted by atomic mass is 16.5. The van der Waals surface area contributed by atoms with Gasteiger partial charge in [0.25, 0.3) is 5.91 Å². The molecule has 0 saturated carbocycles. The number of rotatable bonds is 5. The normalized spacial score (nSPS) is 11.2. The Hall–Kier alpha value is -3.54. The van der Waals surface area contributed by atoms with E-state index in [4.69, 9.17) is 14.3 Å². The number of hydrogen-bond donors (Lipinski definition) is 2. The molecule has 0 saturated heterocycles. The fourth-order valence-electron chi connectivity index (χ4n) is 2.90. The van der Waals surface area contributed by atoms with Gasteiger partial charge in [0.05, 0.1) is 12.7 Å². The summed E-state index contributed by atoms with van der Waals surface area (Å²) in [6.07, 6.45) is 0. The van der Waals surface area contributed by atoms with Crippen molar-refractivity contribution in [3.05, 3.63) is 71.5 Å². The van der Waals surface area contributed by atoms with Crippen molar-refractivity contribution in [2.75, 3.05) is 12.4 Å². The highest BCUT2D eigenvalue weighted by molar-refractivity contribution is 6.04. The average molecular weight is 393 g/mol. The van der Waals surface area contributed by atoms with Gasteiger partial charge in [0.15, 0.2) is 0 Å². The number of amides is 1. The van der Waals surface area contributed by atoms with Crippen LogP contribution in [0.15, 0.2) is 59.0 Å². The molecule has 150 valence electrons. The zero-order valence-electron chi connectivity index (χ0n) is 16.8. The minimum atomic E-state index is -1.15. The lowest BCUT2D eigenvalue weighted by molar-refractivity contribution is 0.0663. The van der Waals surface area contributed by atoms with Crippen molar-refractivity contribution in [2.24, 2.45) is 0 Å². The predicted molar refractivity (Wildman–Crippen MR) is 111 cm³/mol. The van der Waals surface area contributed by atoms with Crippen LogP contribution in [-0.4, -0.2) is 24.1 Å². The summed E-state index contributed by atoms with van der Waals surface area (Å²) < 4.78 is 10.7. The predicted octanol–water partition coefficient (Wildman–Crippen LogP) is 5.20. The van der Waals surface area contributed by atoms with Crippen LogP contribution in [0.3, 0.4) is 0 Å². The Balaban J connectivity index is 1.85. The van der Waals surface area contributed by atoms with E-state index >= 15 is 0 Å². The lowest BCUT2D eigenvalue weighted by Crippen LogP contribution is -2.14. The maximum Gasteiger partial charge on any atom is 0.371 e. The van der Waals surface area contributed by atoms with Crippen LogP contribution in [0.5, 0.6) is 5.75 Å². The van der Waals surface area contributed by atoms with Crippen molar-refractivity contribution in [1.29, 1.82) is 0 Å². The van der Waals surface area contributed by atoms with E-state index < -0.39 is 5.97 Å². The van der Waals surface area contributed by atoms with Crippen LogP contribution >= 0.6 is 0 Å². The Bertz CT molecular complexity index is 1040. The van der Waals surface area contributed by atoms with E-state index in [1.807, 2.05) is 12.1 Å².